The molecule has 1 amide bonds. The number of benzene rings is 1. The van der Waals surface area contributed by atoms with Gasteiger partial charge in [0.15, 0.2) is 0 Å². The maximum absolute atomic E-state index is 15.2. The standard InChI is InChI=1S/C32H29F4N5O2/c1-3-4-25(32(34,35)36)13-20(2)39-30(42)15-21-5-6-26(27(33)14-21)24-16-23-17-28(40-31(23)38-19-24)22-7-8-37-29(18-22)41-9-11-43-12-10-41/h3-8,13-14,16-19H,1,9-12,15H2,2H3,(H,38,40)(H,39,42)/b20-13+,25-4+. The van der Waals surface area contributed by atoms with Gasteiger partial charge in [0.1, 0.15) is 17.3 Å². The van der Waals surface area contributed by atoms with E-state index in [0.717, 1.165) is 53.8 Å². The maximum Gasteiger partial charge on any atom is 0.416 e. The Morgan fingerprint density at radius 3 is 2.63 bits per heavy atom. The monoisotopic (exact) mass is 591 g/mol. The van der Waals surface area contributed by atoms with Crippen molar-refractivity contribution in [1.29, 1.82) is 0 Å². The molecule has 0 radical (unpaired) electrons. The van der Waals surface area contributed by atoms with Crippen molar-refractivity contribution < 1.29 is 27.1 Å². The van der Waals surface area contributed by atoms with Crippen molar-refractivity contribution in [2.24, 2.45) is 0 Å². The third kappa shape index (κ3) is 7.18. The van der Waals surface area contributed by atoms with Gasteiger partial charge in [0.25, 0.3) is 0 Å². The van der Waals surface area contributed by atoms with Crippen molar-refractivity contribution in [3.63, 3.8) is 0 Å². The van der Waals surface area contributed by atoms with Crippen molar-refractivity contribution >= 4 is 22.8 Å². The predicted molar refractivity (Wildman–Crippen MR) is 158 cm³/mol. The third-order valence-electron chi connectivity index (χ3n) is 6.90. The SMILES string of the molecule is C=C/C=C(\C=C(/C)NC(=O)Cc1ccc(-c2cnc3[nH]c(-c4ccnc(N5CCOCC5)c4)cc3c2)c(F)c1)C(F)(F)F. The molecular weight excluding hydrogens is 562 g/mol. The second-order valence-electron chi connectivity index (χ2n) is 10.1. The lowest BCUT2D eigenvalue weighted by atomic mass is 10.0. The zero-order chi connectivity index (χ0) is 30.6. The molecule has 43 heavy (non-hydrogen) atoms. The number of ether oxygens (including phenoxy) is 1. The molecule has 1 saturated heterocycles. The molecule has 0 atom stereocenters. The number of nitrogens with zero attached hydrogens (tertiary/aromatic N) is 3. The van der Waals surface area contributed by atoms with E-state index in [1.165, 1.54) is 13.0 Å². The van der Waals surface area contributed by atoms with Crippen LogP contribution < -0.4 is 10.2 Å². The number of hydrogen-bond acceptors (Lipinski definition) is 5. The summed E-state index contributed by atoms with van der Waals surface area (Å²) in [4.78, 5) is 26.9. The van der Waals surface area contributed by atoms with Crippen LogP contribution in [0.2, 0.25) is 0 Å². The van der Waals surface area contributed by atoms with Gasteiger partial charge in [0.05, 0.1) is 25.2 Å². The third-order valence-corrected chi connectivity index (χ3v) is 6.90. The lowest BCUT2D eigenvalue weighted by molar-refractivity contribution is -0.119. The molecule has 1 fully saturated rings. The Labute approximate surface area is 245 Å². The van der Waals surface area contributed by atoms with Crippen LogP contribution in [0.25, 0.3) is 33.4 Å². The van der Waals surface area contributed by atoms with E-state index in [-0.39, 0.29) is 12.1 Å². The van der Waals surface area contributed by atoms with E-state index in [1.54, 1.807) is 24.5 Å². The normalized spacial score (nSPS) is 14.7. The number of alkyl halides is 3. The van der Waals surface area contributed by atoms with E-state index in [1.807, 2.05) is 24.3 Å². The number of carbonyl (C=O) groups excluding carboxylic acids is 1. The molecule has 1 aliphatic rings. The number of halogens is 4. The molecule has 1 aliphatic heterocycles. The molecule has 4 aromatic rings. The summed E-state index contributed by atoms with van der Waals surface area (Å²) in [6.45, 7) is 7.49. The fourth-order valence-corrected chi connectivity index (χ4v) is 4.84. The summed E-state index contributed by atoms with van der Waals surface area (Å²) in [6.07, 6.45) is 1.17. The van der Waals surface area contributed by atoms with Crippen molar-refractivity contribution in [2.45, 2.75) is 19.5 Å². The first-order valence-corrected chi connectivity index (χ1v) is 13.6. The topological polar surface area (TPSA) is 83.1 Å². The highest BCUT2D eigenvalue weighted by Crippen LogP contribution is 2.30. The largest absolute Gasteiger partial charge is 0.416 e. The number of amides is 1. The average Bonchev–Trinajstić information content (AvgIpc) is 3.41. The summed E-state index contributed by atoms with van der Waals surface area (Å²) >= 11 is 0. The van der Waals surface area contributed by atoms with Crippen LogP contribution in [0.3, 0.4) is 0 Å². The van der Waals surface area contributed by atoms with Gasteiger partial charge in [-0.3, -0.25) is 4.79 Å². The number of nitrogens with one attached hydrogen (secondary N) is 2. The lowest BCUT2D eigenvalue weighted by Gasteiger charge is -2.27. The minimum absolute atomic E-state index is 0.00171. The Hall–Kier alpha value is -4.77. The lowest BCUT2D eigenvalue weighted by Crippen LogP contribution is -2.36. The Kier molecular flexibility index (Phi) is 8.72. The number of anilines is 1. The summed E-state index contributed by atoms with van der Waals surface area (Å²) < 4.78 is 59.9. The van der Waals surface area contributed by atoms with Crippen molar-refractivity contribution in [3.8, 4) is 22.4 Å². The van der Waals surface area contributed by atoms with Gasteiger partial charge < -0.3 is 19.9 Å². The molecule has 0 spiro atoms. The molecule has 5 rings (SSSR count). The second-order valence-corrected chi connectivity index (χ2v) is 10.1. The molecule has 11 heteroatoms. The highest BCUT2D eigenvalue weighted by atomic mass is 19.4. The summed E-state index contributed by atoms with van der Waals surface area (Å²) in [5.41, 5.74) is 2.73. The Bertz CT molecular complexity index is 1720. The van der Waals surface area contributed by atoms with Gasteiger partial charge >= 0.3 is 6.18 Å². The fourth-order valence-electron chi connectivity index (χ4n) is 4.84. The van der Waals surface area contributed by atoms with Crippen LogP contribution in [0.5, 0.6) is 0 Å². The van der Waals surface area contributed by atoms with Crippen LogP contribution in [0.1, 0.15) is 12.5 Å². The molecule has 0 bridgehead atoms. The van der Waals surface area contributed by atoms with Crippen LogP contribution in [0, 0.1) is 5.82 Å². The second kappa shape index (κ2) is 12.6. The molecule has 0 unspecified atom stereocenters. The molecule has 1 aromatic carbocycles. The van der Waals surface area contributed by atoms with Gasteiger partial charge in [0.2, 0.25) is 5.91 Å². The van der Waals surface area contributed by atoms with Crippen LogP contribution in [-0.4, -0.2) is 53.3 Å². The number of rotatable bonds is 8. The van der Waals surface area contributed by atoms with Gasteiger partial charge in [-0.15, -0.1) is 0 Å². The van der Waals surface area contributed by atoms with Gasteiger partial charge in [-0.25, -0.2) is 14.4 Å². The van der Waals surface area contributed by atoms with E-state index in [4.69, 9.17) is 4.74 Å². The number of morpholine rings is 1. The molecule has 0 aliphatic carbocycles. The van der Waals surface area contributed by atoms with Gasteiger partial charge in [-0.2, -0.15) is 13.2 Å². The van der Waals surface area contributed by atoms with E-state index >= 15 is 4.39 Å². The first-order valence-electron chi connectivity index (χ1n) is 13.6. The highest BCUT2D eigenvalue weighted by Gasteiger charge is 2.31. The number of aromatic nitrogens is 3. The Balaban J connectivity index is 1.30. The van der Waals surface area contributed by atoms with Crippen LogP contribution >= 0.6 is 0 Å². The number of aromatic amines is 1. The number of pyridine rings is 2. The predicted octanol–water partition coefficient (Wildman–Crippen LogP) is 6.50. The van der Waals surface area contributed by atoms with E-state index < -0.39 is 23.5 Å². The van der Waals surface area contributed by atoms with Crippen molar-refractivity contribution in [1.82, 2.24) is 20.3 Å². The molecule has 7 nitrogen and oxygen atoms in total. The minimum Gasteiger partial charge on any atom is -0.378 e. The maximum atomic E-state index is 15.2. The van der Waals surface area contributed by atoms with Crippen LogP contribution in [-0.2, 0) is 16.0 Å². The summed E-state index contributed by atoms with van der Waals surface area (Å²) in [6, 6.07) is 12.1. The first kappa shape index (κ1) is 29.7. The molecule has 222 valence electrons. The smallest absolute Gasteiger partial charge is 0.378 e. The van der Waals surface area contributed by atoms with Gasteiger partial charge in [0, 0.05) is 59.0 Å². The fraction of sp³-hybridized carbons (Fsp3) is 0.219. The van der Waals surface area contributed by atoms with E-state index in [2.05, 4.69) is 31.7 Å². The zero-order valence-corrected chi connectivity index (χ0v) is 23.3. The minimum atomic E-state index is -4.59. The average molecular weight is 592 g/mol. The molecule has 3 aromatic heterocycles. The number of fused-ring (bicyclic) bond motifs is 1. The van der Waals surface area contributed by atoms with Gasteiger partial charge in [-0.05, 0) is 48.9 Å². The summed E-state index contributed by atoms with van der Waals surface area (Å²) in [5.74, 6) is -0.255. The first-order chi connectivity index (χ1) is 20.6. The van der Waals surface area contributed by atoms with E-state index in [9.17, 15) is 18.0 Å². The molecule has 0 saturated carbocycles. The zero-order valence-electron chi connectivity index (χ0n) is 23.3. The molecular formula is C32H29F4N5O2. The van der Waals surface area contributed by atoms with E-state index in [0.29, 0.717) is 35.6 Å². The quantitative estimate of drug-likeness (QED) is 0.181. The van der Waals surface area contributed by atoms with Gasteiger partial charge in [-0.1, -0.05) is 30.9 Å². The van der Waals surface area contributed by atoms with Crippen molar-refractivity contribution in [2.75, 3.05) is 31.2 Å². The molecule has 2 N–H and O–H groups in total. The number of H-pyrrole nitrogens is 1. The van der Waals surface area contributed by atoms with Crippen LogP contribution in [0.15, 0.2) is 90.9 Å². The summed E-state index contributed by atoms with van der Waals surface area (Å²) in [5, 5.41) is 3.21. The summed E-state index contributed by atoms with van der Waals surface area (Å²) in [7, 11) is 0. The van der Waals surface area contributed by atoms with Crippen molar-refractivity contribution in [3.05, 3.63) is 102 Å². The highest BCUT2D eigenvalue weighted by molar-refractivity contribution is 5.87. The number of allylic oxidation sites excluding steroid dienone is 5. The Morgan fingerprint density at radius 1 is 1.12 bits per heavy atom. The number of carbonyl (C=O) groups is 1. The van der Waals surface area contributed by atoms with Crippen LogP contribution in [0.4, 0.5) is 23.4 Å². The Morgan fingerprint density at radius 2 is 1.91 bits per heavy atom. The number of hydrogen-bond donors (Lipinski definition) is 2. The molecule has 4 heterocycles.